The zero-order valence-corrected chi connectivity index (χ0v) is 29.4. The van der Waals surface area contributed by atoms with Crippen LogP contribution in [-0.4, -0.2) is 94.3 Å². The molecular formula is C36H49BrClN5O2. The van der Waals surface area contributed by atoms with Crippen LogP contribution in [0, 0.1) is 5.92 Å². The van der Waals surface area contributed by atoms with Gasteiger partial charge in [-0.05, 0) is 102 Å². The van der Waals surface area contributed by atoms with Crippen LogP contribution in [0.2, 0.25) is 5.02 Å². The van der Waals surface area contributed by atoms with Crippen LogP contribution in [-0.2, 0) is 22.4 Å². The summed E-state index contributed by atoms with van der Waals surface area (Å²) in [5.74, 6) is 0.880. The summed E-state index contributed by atoms with van der Waals surface area (Å²) in [7, 11) is 0. The van der Waals surface area contributed by atoms with E-state index in [0.717, 1.165) is 113 Å². The van der Waals surface area contributed by atoms with Crippen LogP contribution in [0.1, 0.15) is 93.6 Å². The van der Waals surface area contributed by atoms with E-state index in [0.29, 0.717) is 30.3 Å². The Hall–Kier alpha value is -2.00. The number of pyridine rings is 1. The largest absolute Gasteiger partial charge is 0.343 e. The molecule has 3 fully saturated rings. The number of carbonyl (C=O) groups excluding carboxylic acids is 2. The second kappa shape index (κ2) is 14.8. The van der Waals surface area contributed by atoms with Gasteiger partial charge in [-0.1, -0.05) is 37.4 Å². The minimum atomic E-state index is 0.151. The Morgan fingerprint density at radius 2 is 1.71 bits per heavy atom. The van der Waals surface area contributed by atoms with Gasteiger partial charge in [0.05, 0.1) is 11.7 Å². The molecule has 3 saturated heterocycles. The quantitative estimate of drug-likeness (QED) is 0.331. The van der Waals surface area contributed by atoms with Crippen molar-refractivity contribution in [2.24, 2.45) is 5.92 Å². The van der Waals surface area contributed by atoms with Crippen LogP contribution < -0.4 is 0 Å². The molecule has 1 aromatic heterocycles. The van der Waals surface area contributed by atoms with E-state index in [2.05, 4.69) is 55.8 Å². The number of carbonyl (C=O) groups is 2. The van der Waals surface area contributed by atoms with Gasteiger partial charge in [-0.3, -0.25) is 24.4 Å². The van der Waals surface area contributed by atoms with Gasteiger partial charge >= 0.3 is 0 Å². The van der Waals surface area contributed by atoms with Crippen molar-refractivity contribution in [1.82, 2.24) is 24.6 Å². The van der Waals surface area contributed by atoms with Gasteiger partial charge in [-0.25, -0.2) is 0 Å². The molecule has 0 saturated carbocycles. The van der Waals surface area contributed by atoms with Crippen LogP contribution in [0.4, 0.5) is 0 Å². The highest BCUT2D eigenvalue weighted by Crippen LogP contribution is 2.39. The number of benzene rings is 1. The molecule has 1 aliphatic carbocycles. The van der Waals surface area contributed by atoms with Crippen molar-refractivity contribution < 1.29 is 9.59 Å². The number of fused-ring (bicyclic) bond motifs is 2. The van der Waals surface area contributed by atoms with Crippen molar-refractivity contribution in [1.29, 1.82) is 0 Å². The summed E-state index contributed by atoms with van der Waals surface area (Å²) in [6, 6.07) is 9.68. The minimum absolute atomic E-state index is 0.151. The Kier molecular flexibility index (Phi) is 10.8. The molecular weight excluding hydrogens is 650 g/mol. The second-order valence-corrected chi connectivity index (χ2v) is 15.1. The molecule has 2 amide bonds. The highest BCUT2D eigenvalue weighted by molar-refractivity contribution is 9.10. The maximum atomic E-state index is 13.6. The number of halogens is 2. The van der Waals surface area contributed by atoms with Gasteiger partial charge in [0.25, 0.3) is 0 Å². The summed E-state index contributed by atoms with van der Waals surface area (Å²) >= 11 is 10.1. The second-order valence-electron chi connectivity index (χ2n) is 13.7. The van der Waals surface area contributed by atoms with E-state index in [1.54, 1.807) is 6.92 Å². The number of unbranched alkanes of at least 4 members (excludes halogenated alkanes) is 1. The number of hydrogen-bond acceptors (Lipinski definition) is 5. The molecule has 0 radical (unpaired) electrons. The molecule has 1 unspecified atom stereocenters. The number of nitrogens with zero attached hydrogens (tertiary/aromatic N) is 5. The lowest BCUT2D eigenvalue weighted by Crippen LogP contribution is -2.59. The fourth-order valence-corrected chi connectivity index (χ4v) is 8.91. The topological polar surface area (TPSA) is 60.0 Å². The van der Waals surface area contributed by atoms with Crippen LogP contribution in [0.25, 0.3) is 0 Å². The third kappa shape index (κ3) is 7.61. The highest BCUT2D eigenvalue weighted by atomic mass is 79.9. The van der Waals surface area contributed by atoms with Crippen molar-refractivity contribution in [3.05, 3.63) is 62.3 Å². The Morgan fingerprint density at radius 3 is 2.44 bits per heavy atom. The molecule has 6 rings (SSSR count). The predicted octanol–water partition coefficient (Wildman–Crippen LogP) is 6.50. The van der Waals surface area contributed by atoms with E-state index in [1.165, 1.54) is 22.4 Å². The Labute approximate surface area is 282 Å². The van der Waals surface area contributed by atoms with Crippen LogP contribution >= 0.6 is 27.5 Å². The summed E-state index contributed by atoms with van der Waals surface area (Å²) in [5.41, 5.74) is 5.21. The number of aromatic nitrogens is 1. The van der Waals surface area contributed by atoms with Crippen molar-refractivity contribution in [3.63, 3.8) is 0 Å². The lowest BCUT2D eigenvalue weighted by molar-refractivity contribution is -0.138. The standard InChI is InChI=1S/C36H49BrClN5O2/c1-3-4-5-32-24-42(18-19-43(32)34(45)20-26-10-14-40(15-11-26)25(2)44)31-12-16-41(17-13-31)36-33-9-8-30(38)22-27(33)6-7-28-21-29(37)23-39-35(28)36/h8-9,21-23,26,31-32,36H,3-7,10-20,24H2,1-2H3/t32-,36?/m1/s1. The number of rotatable bonds is 7. The maximum absolute atomic E-state index is 13.6. The van der Waals surface area contributed by atoms with Crippen LogP contribution in [0.15, 0.2) is 34.9 Å². The van der Waals surface area contributed by atoms with Gasteiger partial charge in [0.1, 0.15) is 0 Å². The summed E-state index contributed by atoms with van der Waals surface area (Å²) in [4.78, 5) is 39.9. The SMILES string of the molecule is CCCC[C@@H]1CN(C2CCN(C3c4ccc(Cl)cc4CCc4cc(Br)cnc43)CC2)CCN1C(=O)CC1CCN(C(C)=O)CC1. The number of hydrogen-bond donors (Lipinski definition) is 0. The first-order valence-electron chi connectivity index (χ1n) is 17.3. The predicted molar refractivity (Wildman–Crippen MR) is 183 cm³/mol. The monoisotopic (exact) mass is 697 g/mol. The highest BCUT2D eigenvalue weighted by Gasteiger charge is 2.38. The van der Waals surface area contributed by atoms with E-state index >= 15 is 0 Å². The smallest absolute Gasteiger partial charge is 0.223 e. The number of piperazine rings is 1. The van der Waals surface area contributed by atoms with Crippen molar-refractivity contribution in [3.8, 4) is 0 Å². The lowest BCUT2D eigenvalue weighted by Gasteiger charge is -2.48. The van der Waals surface area contributed by atoms with Gasteiger partial charge in [0.2, 0.25) is 11.8 Å². The Morgan fingerprint density at radius 1 is 0.956 bits per heavy atom. The van der Waals surface area contributed by atoms with Crippen molar-refractivity contribution in [2.75, 3.05) is 45.8 Å². The lowest BCUT2D eigenvalue weighted by atomic mass is 9.91. The molecule has 4 heterocycles. The normalized spacial score (nSPS) is 23.8. The first-order chi connectivity index (χ1) is 21.8. The molecule has 1 aromatic carbocycles. The first kappa shape index (κ1) is 32.9. The van der Waals surface area contributed by atoms with Gasteiger partial charge in [-0.15, -0.1) is 0 Å². The van der Waals surface area contributed by atoms with Gasteiger partial charge in [-0.2, -0.15) is 0 Å². The summed E-state index contributed by atoms with van der Waals surface area (Å²) in [6.45, 7) is 10.3. The Balaban J connectivity index is 1.10. The molecule has 244 valence electrons. The van der Waals surface area contributed by atoms with Gasteiger partial charge in [0.15, 0.2) is 0 Å². The average Bonchev–Trinajstić information content (AvgIpc) is 3.20. The molecule has 7 nitrogen and oxygen atoms in total. The Bertz CT molecular complexity index is 1300. The van der Waals surface area contributed by atoms with E-state index in [-0.39, 0.29) is 11.9 Å². The molecule has 45 heavy (non-hydrogen) atoms. The number of amides is 2. The number of piperidine rings is 2. The zero-order valence-electron chi connectivity index (χ0n) is 27.0. The fraction of sp³-hybridized carbons (Fsp3) is 0.639. The van der Waals surface area contributed by atoms with Crippen molar-refractivity contribution >= 4 is 39.3 Å². The minimum Gasteiger partial charge on any atom is -0.343 e. The van der Waals surface area contributed by atoms with E-state index in [9.17, 15) is 9.59 Å². The molecule has 0 bridgehead atoms. The average molecular weight is 699 g/mol. The van der Waals surface area contributed by atoms with Gasteiger partial charge < -0.3 is 9.80 Å². The van der Waals surface area contributed by atoms with Gasteiger partial charge in [0, 0.05) is 86.9 Å². The number of aryl methyl sites for hydroxylation is 2. The van der Waals surface area contributed by atoms with E-state index in [4.69, 9.17) is 16.6 Å². The molecule has 2 aromatic rings. The number of likely N-dealkylation sites (tertiary alicyclic amines) is 2. The third-order valence-corrected chi connectivity index (χ3v) is 11.6. The summed E-state index contributed by atoms with van der Waals surface area (Å²) in [6.07, 6.45) is 12.1. The van der Waals surface area contributed by atoms with E-state index < -0.39 is 0 Å². The van der Waals surface area contributed by atoms with E-state index in [1.807, 2.05) is 17.2 Å². The molecule has 9 heteroatoms. The molecule has 0 spiro atoms. The fourth-order valence-electron chi connectivity index (χ4n) is 8.33. The molecule has 0 N–H and O–H groups in total. The first-order valence-corrected chi connectivity index (χ1v) is 18.4. The third-order valence-electron chi connectivity index (χ3n) is 10.9. The zero-order chi connectivity index (χ0) is 31.5. The van der Waals surface area contributed by atoms with Crippen LogP contribution in [0.5, 0.6) is 0 Å². The molecule has 3 aliphatic heterocycles. The maximum Gasteiger partial charge on any atom is 0.223 e. The molecule has 2 atom stereocenters. The molecule has 4 aliphatic rings. The van der Waals surface area contributed by atoms with Crippen LogP contribution in [0.3, 0.4) is 0 Å². The summed E-state index contributed by atoms with van der Waals surface area (Å²) < 4.78 is 1.04. The summed E-state index contributed by atoms with van der Waals surface area (Å²) in [5, 5.41) is 0.805. The van der Waals surface area contributed by atoms with Crippen molar-refractivity contribution in [2.45, 2.75) is 96.2 Å².